The monoisotopic (exact) mass is 188 g/mol. The summed E-state index contributed by atoms with van der Waals surface area (Å²) in [5.74, 6) is 0. The molecule has 0 radical (unpaired) electrons. The van der Waals surface area contributed by atoms with Crippen molar-refractivity contribution in [2.45, 2.75) is 13.3 Å². The summed E-state index contributed by atoms with van der Waals surface area (Å²) in [5.41, 5.74) is 0. The zero-order valence-electron chi connectivity index (χ0n) is 8.22. The van der Waals surface area contributed by atoms with Gasteiger partial charge in [-0.3, -0.25) is 0 Å². The molecule has 0 bridgehead atoms. The molecule has 0 aromatic heterocycles. The Morgan fingerprint density at radius 3 is 1.75 bits per heavy atom. The molecule has 0 amide bonds. The molecule has 0 N–H and O–H groups in total. The fraction of sp³-hybridized carbons (Fsp3) is 0.286. The Morgan fingerprint density at radius 1 is 1.25 bits per heavy atom. The molecule has 0 spiro atoms. The smallest absolute Gasteiger partial charge is 1.00 e. The average Bonchev–Trinajstić information content (AvgIpc) is 2.23. The third-order valence-electron chi connectivity index (χ3n) is 0.655. The van der Waals surface area contributed by atoms with E-state index in [0.29, 0.717) is 0 Å². The van der Waals surface area contributed by atoms with E-state index in [2.05, 4.69) is 31.2 Å². The first-order valence-corrected chi connectivity index (χ1v) is 2.52. The molecule has 0 aromatic rings. The van der Waals surface area contributed by atoms with Gasteiger partial charge in [0.05, 0.1) is 0 Å². The zero-order chi connectivity index (χ0) is 5.54. The van der Waals surface area contributed by atoms with Crippen LogP contribution < -0.4 is 0 Å². The minimum absolute atomic E-state index is 0. The molecule has 1 heteroatoms. The van der Waals surface area contributed by atoms with Crippen LogP contribution in [0.15, 0.2) is 24.3 Å². The molecule has 0 heterocycles. The van der Waals surface area contributed by atoms with E-state index in [1.54, 1.807) is 6.92 Å². The normalized spacial score (nSPS) is 11.8. The SMILES string of the molecule is C1=CCC=C1.[CH2-]C.[H-].[H-].[H-].[Zr+4]. The molecule has 0 aromatic carbocycles. The third kappa shape index (κ3) is 6.36. The zero-order valence-corrected chi connectivity index (χ0v) is 7.68. The molecule has 0 saturated carbocycles. The van der Waals surface area contributed by atoms with Crippen molar-refractivity contribution in [2.75, 3.05) is 0 Å². The average molecular weight is 189 g/mol. The van der Waals surface area contributed by atoms with Gasteiger partial charge in [-0.1, -0.05) is 24.3 Å². The van der Waals surface area contributed by atoms with Gasteiger partial charge in [0, 0.05) is 0 Å². The fourth-order valence-electron chi connectivity index (χ4n) is 0.393. The van der Waals surface area contributed by atoms with Gasteiger partial charge in [-0.2, -0.15) is 6.92 Å². The standard InChI is InChI=1S/C5H6.C2H5.Zr.3H/c1-2-4-5-3-1;1-2;;;;/h1-4H,5H2;1H2,2H3;;;;/q;-1;+4;3*-1. The van der Waals surface area contributed by atoms with Crippen LogP contribution in [0.5, 0.6) is 0 Å². The van der Waals surface area contributed by atoms with Crippen molar-refractivity contribution in [3.8, 4) is 0 Å². The van der Waals surface area contributed by atoms with Gasteiger partial charge in [0.25, 0.3) is 0 Å². The number of hydrogen-bond acceptors (Lipinski definition) is 0. The van der Waals surface area contributed by atoms with E-state index in [1.807, 2.05) is 0 Å². The molecule has 8 heavy (non-hydrogen) atoms. The Kier molecular flexibility index (Phi) is 14.5. The maximum absolute atomic E-state index is 3.25. The van der Waals surface area contributed by atoms with Crippen LogP contribution in [0.2, 0.25) is 0 Å². The van der Waals surface area contributed by atoms with Crippen LogP contribution in [0.3, 0.4) is 0 Å². The van der Waals surface area contributed by atoms with E-state index in [-0.39, 0.29) is 30.5 Å². The maximum atomic E-state index is 3.25. The Hall–Kier alpha value is 0.363. The van der Waals surface area contributed by atoms with Crippen molar-refractivity contribution in [1.82, 2.24) is 0 Å². The summed E-state index contributed by atoms with van der Waals surface area (Å²) in [5, 5.41) is 0. The minimum atomic E-state index is 0. The van der Waals surface area contributed by atoms with Crippen molar-refractivity contribution in [3.05, 3.63) is 31.2 Å². The van der Waals surface area contributed by atoms with Gasteiger partial charge >= 0.3 is 26.2 Å². The van der Waals surface area contributed by atoms with Crippen molar-refractivity contribution < 1.29 is 30.5 Å². The van der Waals surface area contributed by atoms with Crippen molar-refractivity contribution in [2.24, 2.45) is 0 Å². The van der Waals surface area contributed by atoms with Gasteiger partial charge in [0.15, 0.2) is 0 Å². The second kappa shape index (κ2) is 10.4. The van der Waals surface area contributed by atoms with Crippen LogP contribution in [0.25, 0.3) is 0 Å². The van der Waals surface area contributed by atoms with Crippen LogP contribution >= 0.6 is 0 Å². The number of hydrogen-bond donors (Lipinski definition) is 0. The minimum Gasteiger partial charge on any atom is -1.00 e. The molecule has 1 aliphatic rings. The van der Waals surface area contributed by atoms with E-state index < -0.39 is 0 Å². The summed E-state index contributed by atoms with van der Waals surface area (Å²) in [6.45, 7) is 5.00. The van der Waals surface area contributed by atoms with Crippen molar-refractivity contribution in [3.63, 3.8) is 0 Å². The molecule has 46 valence electrons. The second-order valence-electron chi connectivity index (χ2n) is 1.09. The van der Waals surface area contributed by atoms with Crippen LogP contribution in [-0.2, 0) is 26.2 Å². The summed E-state index contributed by atoms with van der Waals surface area (Å²) in [6, 6.07) is 0. The summed E-state index contributed by atoms with van der Waals surface area (Å²) in [6.07, 6.45) is 9.50. The first kappa shape index (κ1) is 11.2. The van der Waals surface area contributed by atoms with Gasteiger partial charge in [-0.25, -0.2) is 0 Å². The second-order valence-corrected chi connectivity index (χ2v) is 1.09. The van der Waals surface area contributed by atoms with E-state index in [4.69, 9.17) is 0 Å². The summed E-state index contributed by atoms with van der Waals surface area (Å²) in [7, 11) is 0. The number of allylic oxidation sites excluding steroid dienone is 4. The summed E-state index contributed by atoms with van der Waals surface area (Å²) < 4.78 is 0. The molecule has 0 atom stereocenters. The summed E-state index contributed by atoms with van der Waals surface area (Å²) >= 11 is 0. The first-order chi connectivity index (χ1) is 3.50. The Labute approximate surface area is 75.3 Å². The molecule has 0 fully saturated rings. The first-order valence-electron chi connectivity index (χ1n) is 2.52. The van der Waals surface area contributed by atoms with Crippen LogP contribution in [-0.4, -0.2) is 0 Å². The third-order valence-corrected chi connectivity index (χ3v) is 0.655. The molecule has 1 rings (SSSR count). The van der Waals surface area contributed by atoms with E-state index in [1.165, 1.54) is 0 Å². The van der Waals surface area contributed by atoms with E-state index in [9.17, 15) is 0 Å². The Morgan fingerprint density at radius 2 is 1.62 bits per heavy atom. The molecule has 0 aliphatic heterocycles. The van der Waals surface area contributed by atoms with Gasteiger partial charge in [-0.05, 0) is 6.42 Å². The summed E-state index contributed by atoms with van der Waals surface area (Å²) in [4.78, 5) is 0. The van der Waals surface area contributed by atoms with E-state index in [0.717, 1.165) is 6.42 Å². The van der Waals surface area contributed by atoms with E-state index >= 15 is 0 Å². The van der Waals surface area contributed by atoms with Crippen molar-refractivity contribution in [1.29, 1.82) is 0 Å². The van der Waals surface area contributed by atoms with Gasteiger partial charge in [0.2, 0.25) is 0 Å². The predicted molar refractivity (Wildman–Crippen MR) is 37.3 cm³/mol. The topological polar surface area (TPSA) is 0 Å². The number of rotatable bonds is 0. The molecular formula is C7H14Zr. The molecular weight excluding hydrogens is 175 g/mol. The Balaban J connectivity index is -0.0000000189. The van der Waals surface area contributed by atoms with Crippen molar-refractivity contribution >= 4 is 0 Å². The predicted octanol–water partition coefficient (Wildman–Crippen LogP) is 2.68. The van der Waals surface area contributed by atoms with Crippen LogP contribution in [0.1, 0.15) is 17.6 Å². The van der Waals surface area contributed by atoms with Gasteiger partial charge < -0.3 is 11.2 Å². The quantitative estimate of drug-likeness (QED) is 0.514. The largest absolute Gasteiger partial charge is 4.00 e. The maximum Gasteiger partial charge on any atom is 4.00 e. The molecule has 0 saturated heterocycles. The molecule has 0 unspecified atom stereocenters. The van der Waals surface area contributed by atoms with Gasteiger partial charge in [0.1, 0.15) is 0 Å². The van der Waals surface area contributed by atoms with Gasteiger partial charge in [-0.15, -0.1) is 0 Å². The van der Waals surface area contributed by atoms with Crippen LogP contribution in [0.4, 0.5) is 0 Å². The molecule has 1 aliphatic carbocycles. The van der Waals surface area contributed by atoms with Crippen LogP contribution in [0, 0.1) is 6.92 Å². The molecule has 0 nitrogen and oxygen atoms in total. The Bertz CT molecular complexity index is 71.8. The fourth-order valence-corrected chi connectivity index (χ4v) is 0.393.